The lowest BCUT2D eigenvalue weighted by atomic mass is 10.0. The summed E-state index contributed by atoms with van der Waals surface area (Å²) in [5.41, 5.74) is 0. The van der Waals surface area contributed by atoms with Gasteiger partial charge >= 0.3 is 5.97 Å². The summed E-state index contributed by atoms with van der Waals surface area (Å²) in [6, 6.07) is 0.277. The van der Waals surface area contributed by atoms with Crippen molar-refractivity contribution in [2.75, 3.05) is 19.6 Å². The number of amides is 1. The van der Waals surface area contributed by atoms with Crippen molar-refractivity contribution in [3.8, 4) is 0 Å². The molecular weight excluding hydrogens is 244 g/mol. The molecule has 1 saturated carbocycles. The zero-order chi connectivity index (χ0) is 13.8. The lowest BCUT2D eigenvalue weighted by Crippen LogP contribution is -2.46. The molecule has 19 heavy (non-hydrogen) atoms. The van der Waals surface area contributed by atoms with Crippen LogP contribution in [0.1, 0.15) is 39.0 Å². The second-order valence-electron chi connectivity index (χ2n) is 5.76. The lowest BCUT2D eigenvalue weighted by molar-refractivity contribution is -0.141. The standard InChI is InChI=1S/C14H24N2O3/c1-2-16-7-5-12(6-8-16)15-13(17)10-3-4-11(9-10)14(18)19/h10-12H,2-9H2,1H3,(H,15,17)(H,18,19)/t10-,11+/m1/s1. The second kappa shape index (κ2) is 6.37. The van der Waals surface area contributed by atoms with E-state index in [4.69, 9.17) is 5.11 Å². The molecule has 1 aliphatic heterocycles. The Morgan fingerprint density at radius 2 is 1.79 bits per heavy atom. The van der Waals surface area contributed by atoms with Gasteiger partial charge in [0.1, 0.15) is 0 Å². The Bertz CT molecular complexity index is 338. The molecule has 0 unspecified atom stereocenters. The van der Waals surface area contributed by atoms with Crippen LogP contribution >= 0.6 is 0 Å². The van der Waals surface area contributed by atoms with E-state index < -0.39 is 5.97 Å². The maximum Gasteiger partial charge on any atom is 0.306 e. The normalized spacial score (nSPS) is 29.3. The predicted molar refractivity (Wildman–Crippen MR) is 71.7 cm³/mol. The minimum absolute atomic E-state index is 0.0682. The molecule has 1 amide bonds. The van der Waals surface area contributed by atoms with Crippen LogP contribution in [0.5, 0.6) is 0 Å². The summed E-state index contributed by atoms with van der Waals surface area (Å²) in [5, 5.41) is 12.1. The molecule has 0 aromatic rings. The van der Waals surface area contributed by atoms with Crippen molar-refractivity contribution in [1.29, 1.82) is 0 Å². The van der Waals surface area contributed by atoms with Crippen LogP contribution in [-0.4, -0.2) is 47.6 Å². The molecule has 0 bridgehead atoms. The molecule has 5 nitrogen and oxygen atoms in total. The number of carbonyl (C=O) groups excluding carboxylic acids is 1. The Kier molecular flexibility index (Phi) is 4.80. The number of nitrogens with one attached hydrogen (secondary N) is 1. The van der Waals surface area contributed by atoms with Gasteiger partial charge in [0, 0.05) is 25.0 Å². The molecular formula is C14H24N2O3. The van der Waals surface area contributed by atoms with Gasteiger partial charge in [-0.25, -0.2) is 0 Å². The Morgan fingerprint density at radius 3 is 2.32 bits per heavy atom. The van der Waals surface area contributed by atoms with Crippen LogP contribution in [0.25, 0.3) is 0 Å². The number of nitrogens with zero attached hydrogens (tertiary/aromatic N) is 1. The van der Waals surface area contributed by atoms with Gasteiger partial charge in [0.25, 0.3) is 0 Å². The van der Waals surface area contributed by atoms with Crippen molar-refractivity contribution in [1.82, 2.24) is 10.2 Å². The van der Waals surface area contributed by atoms with Gasteiger partial charge in [0.2, 0.25) is 5.91 Å². The highest BCUT2D eigenvalue weighted by molar-refractivity contribution is 5.81. The van der Waals surface area contributed by atoms with Gasteiger partial charge in [-0.05, 0) is 38.6 Å². The van der Waals surface area contributed by atoms with E-state index in [0.29, 0.717) is 12.8 Å². The number of piperidine rings is 1. The van der Waals surface area contributed by atoms with Gasteiger partial charge in [0.05, 0.1) is 5.92 Å². The maximum absolute atomic E-state index is 12.1. The first-order valence-electron chi connectivity index (χ1n) is 7.35. The smallest absolute Gasteiger partial charge is 0.306 e. The highest BCUT2D eigenvalue weighted by Gasteiger charge is 2.34. The van der Waals surface area contributed by atoms with Crippen LogP contribution < -0.4 is 5.32 Å². The van der Waals surface area contributed by atoms with Crippen molar-refractivity contribution >= 4 is 11.9 Å². The van der Waals surface area contributed by atoms with Gasteiger partial charge in [-0.2, -0.15) is 0 Å². The van der Waals surface area contributed by atoms with Gasteiger partial charge in [-0.1, -0.05) is 6.92 Å². The van der Waals surface area contributed by atoms with E-state index in [2.05, 4.69) is 17.1 Å². The SMILES string of the molecule is CCN1CCC(NC(=O)[C@@H]2CC[C@H](C(=O)O)C2)CC1. The Labute approximate surface area is 114 Å². The summed E-state index contributed by atoms with van der Waals surface area (Å²) in [4.78, 5) is 25.4. The number of likely N-dealkylation sites (tertiary alicyclic amines) is 1. The fourth-order valence-corrected chi connectivity index (χ4v) is 3.16. The van der Waals surface area contributed by atoms with Crippen molar-refractivity contribution < 1.29 is 14.7 Å². The monoisotopic (exact) mass is 268 g/mol. The maximum atomic E-state index is 12.1. The van der Waals surface area contributed by atoms with Crippen molar-refractivity contribution in [3.63, 3.8) is 0 Å². The molecule has 0 aromatic carbocycles. The number of rotatable bonds is 4. The van der Waals surface area contributed by atoms with E-state index in [1.165, 1.54) is 0 Å². The molecule has 2 rings (SSSR count). The number of hydrogen-bond acceptors (Lipinski definition) is 3. The minimum Gasteiger partial charge on any atom is -0.481 e. The summed E-state index contributed by atoms with van der Waals surface area (Å²) in [6.07, 6.45) is 3.89. The summed E-state index contributed by atoms with van der Waals surface area (Å²) in [6.45, 7) is 5.32. The second-order valence-corrected chi connectivity index (χ2v) is 5.76. The summed E-state index contributed by atoms with van der Waals surface area (Å²) in [7, 11) is 0. The molecule has 1 saturated heterocycles. The van der Waals surface area contributed by atoms with Crippen LogP contribution in [0.4, 0.5) is 0 Å². The number of hydrogen-bond donors (Lipinski definition) is 2. The van der Waals surface area contributed by atoms with E-state index in [0.717, 1.165) is 38.9 Å². The molecule has 2 N–H and O–H groups in total. The van der Waals surface area contributed by atoms with Crippen LogP contribution in [0.2, 0.25) is 0 Å². The van der Waals surface area contributed by atoms with E-state index in [-0.39, 0.29) is 23.8 Å². The molecule has 5 heteroatoms. The van der Waals surface area contributed by atoms with Gasteiger partial charge in [-0.15, -0.1) is 0 Å². The van der Waals surface area contributed by atoms with Crippen LogP contribution in [0.15, 0.2) is 0 Å². The number of carboxylic acids is 1. The molecule has 0 spiro atoms. The fourth-order valence-electron chi connectivity index (χ4n) is 3.16. The largest absolute Gasteiger partial charge is 0.481 e. The third kappa shape index (κ3) is 3.69. The first-order chi connectivity index (χ1) is 9.10. The fraction of sp³-hybridized carbons (Fsp3) is 0.857. The molecule has 108 valence electrons. The van der Waals surface area contributed by atoms with Gasteiger partial charge in [0.15, 0.2) is 0 Å². The highest BCUT2D eigenvalue weighted by Crippen LogP contribution is 2.31. The average molecular weight is 268 g/mol. The van der Waals surface area contributed by atoms with Crippen molar-refractivity contribution in [2.45, 2.75) is 45.1 Å². The van der Waals surface area contributed by atoms with Crippen molar-refractivity contribution in [2.24, 2.45) is 11.8 Å². The van der Waals surface area contributed by atoms with E-state index >= 15 is 0 Å². The van der Waals surface area contributed by atoms with E-state index in [1.54, 1.807) is 0 Å². The van der Waals surface area contributed by atoms with Crippen LogP contribution in [0.3, 0.4) is 0 Å². The molecule has 1 aliphatic carbocycles. The lowest BCUT2D eigenvalue weighted by Gasteiger charge is -2.32. The third-order valence-corrected chi connectivity index (χ3v) is 4.53. The minimum atomic E-state index is -0.758. The van der Waals surface area contributed by atoms with Crippen LogP contribution in [-0.2, 0) is 9.59 Å². The van der Waals surface area contributed by atoms with E-state index in [1.807, 2.05) is 0 Å². The summed E-state index contributed by atoms with van der Waals surface area (Å²) in [5.74, 6) is -1.10. The van der Waals surface area contributed by atoms with Crippen molar-refractivity contribution in [3.05, 3.63) is 0 Å². The zero-order valence-electron chi connectivity index (χ0n) is 11.6. The first kappa shape index (κ1) is 14.3. The topological polar surface area (TPSA) is 69.6 Å². The average Bonchev–Trinajstić information content (AvgIpc) is 2.89. The van der Waals surface area contributed by atoms with Gasteiger partial charge < -0.3 is 15.3 Å². The molecule has 2 aliphatic rings. The van der Waals surface area contributed by atoms with E-state index in [9.17, 15) is 9.59 Å². The first-order valence-corrected chi connectivity index (χ1v) is 7.35. The number of carboxylic acid groups (broad SMARTS) is 1. The number of carbonyl (C=O) groups is 2. The predicted octanol–water partition coefficient (Wildman–Crippen LogP) is 1.09. The Balaban J connectivity index is 1.75. The molecule has 1 heterocycles. The third-order valence-electron chi connectivity index (χ3n) is 4.53. The Morgan fingerprint density at radius 1 is 1.16 bits per heavy atom. The van der Waals surface area contributed by atoms with Crippen LogP contribution in [0, 0.1) is 11.8 Å². The molecule has 2 atom stereocenters. The molecule has 2 fully saturated rings. The Hall–Kier alpha value is -1.10. The van der Waals surface area contributed by atoms with Gasteiger partial charge in [-0.3, -0.25) is 9.59 Å². The highest BCUT2D eigenvalue weighted by atomic mass is 16.4. The summed E-state index contributed by atoms with van der Waals surface area (Å²) >= 11 is 0. The summed E-state index contributed by atoms with van der Waals surface area (Å²) < 4.78 is 0. The zero-order valence-corrected chi connectivity index (χ0v) is 11.6. The number of aliphatic carboxylic acids is 1. The quantitative estimate of drug-likeness (QED) is 0.800. The molecule has 0 aromatic heterocycles. The molecule has 0 radical (unpaired) electrons.